The standard InChI is InChI=1S/C18H17N/c1-2-14-19-17-11-7-6-10-16(17)12-13-18(19)15-8-4-3-5-9-15/h2-13,18H,1,14H2. The summed E-state index contributed by atoms with van der Waals surface area (Å²) in [5.74, 6) is 0. The molecule has 0 spiro atoms. The molecule has 1 atom stereocenters. The van der Waals surface area contributed by atoms with Crippen LogP contribution in [0.2, 0.25) is 0 Å². The highest BCUT2D eigenvalue weighted by Gasteiger charge is 2.22. The van der Waals surface area contributed by atoms with E-state index >= 15 is 0 Å². The molecule has 19 heavy (non-hydrogen) atoms. The van der Waals surface area contributed by atoms with Gasteiger partial charge in [0, 0.05) is 12.2 Å². The minimum absolute atomic E-state index is 0.286. The maximum atomic E-state index is 3.89. The van der Waals surface area contributed by atoms with Gasteiger partial charge in [-0.1, -0.05) is 66.8 Å². The van der Waals surface area contributed by atoms with Crippen molar-refractivity contribution in [2.75, 3.05) is 11.4 Å². The van der Waals surface area contributed by atoms with E-state index in [1.54, 1.807) is 0 Å². The van der Waals surface area contributed by atoms with Crippen LogP contribution >= 0.6 is 0 Å². The van der Waals surface area contributed by atoms with Gasteiger partial charge in [-0.05, 0) is 17.2 Å². The van der Waals surface area contributed by atoms with Crippen LogP contribution in [0.15, 0.2) is 73.3 Å². The first-order valence-corrected chi connectivity index (χ1v) is 6.60. The molecule has 0 fully saturated rings. The molecule has 1 aliphatic rings. The van der Waals surface area contributed by atoms with Gasteiger partial charge in [-0.15, -0.1) is 6.58 Å². The molecule has 1 heteroatoms. The Kier molecular flexibility index (Phi) is 3.20. The molecule has 0 N–H and O–H groups in total. The van der Waals surface area contributed by atoms with Crippen molar-refractivity contribution < 1.29 is 0 Å². The first kappa shape index (κ1) is 11.8. The number of nitrogens with zero attached hydrogens (tertiary/aromatic N) is 1. The van der Waals surface area contributed by atoms with E-state index in [0.717, 1.165) is 6.54 Å². The van der Waals surface area contributed by atoms with Crippen molar-refractivity contribution >= 4 is 11.8 Å². The molecule has 1 unspecified atom stereocenters. The maximum Gasteiger partial charge on any atom is 0.0733 e. The highest BCUT2D eigenvalue weighted by atomic mass is 15.2. The molecule has 1 aliphatic heterocycles. The lowest BCUT2D eigenvalue weighted by Crippen LogP contribution is -2.30. The van der Waals surface area contributed by atoms with Crippen LogP contribution in [0.3, 0.4) is 0 Å². The van der Waals surface area contributed by atoms with E-state index in [1.807, 2.05) is 6.08 Å². The average molecular weight is 247 g/mol. The fourth-order valence-electron chi connectivity index (χ4n) is 2.63. The molecule has 0 bridgehead atoms. The van der Waals surface area contributed by atoms with Gasteiger partial charge in [0.05, 0.1) is 6.04 Å². The summed E-state index contributed by atoms with van der Waals surface area (Å²) in [5, 5.41) is 0. The van der Waals surface area contributed by atoms with Gasteiger partial charge >= 0.3 is 0 Å². The predicted molar refractivity (Wildman–Crippen MR) is 82.2 cm³/mol. The third-order valence-corrected chi connectivity index (χ3v) is 3.51. The molecule has 0 aliphatic carbocycles. The molecule has 0 amide bonds. The fraction of sp³-hybridized carbons (Fsp3) is 0.111. The van der Waals surface area contributed by atoms with Crippen molar-refractivity contribution in [2.24, 2.45) is 0 Å². The van der Waals surface area contributed by atoms with Gasteiger partial charge in [0.2, 0.25) is 0 Å². The van der Waals surface area contributed by atoms with Crippen LogP contribution in [-0.2, 0) is 0 Å². The minimum Gasteiger partial charge on any atom is -0.357 e. The monoisotopic (exact) mass is 247 g/mol. The van der Waals surface area contributed by atoms with Crippen LogP contribution in [0.1, 0.15) is 17.2 Å². The van der Waals surface area contributed by atoms with Gasteiger partial charge in [0.25, 0.3) is 0 Å². The summed E-state index contributed by atoms with van der Waals surface area (Å²) in [5.41, 5.74) is 3.87. The molecule has 2 aromatic carbocycles. The lowest BCUT2D eigenvalue weighted by Gasteiger charge is -2.35. The predicted octanol–water partition coefficient (Wildman–Crippen LogP) is 4.45. The molecule has 0 aromatic heterocycles. The van der Waals surface area contributed by atoms with Crippen molar-refractivity contribution in [1.82, 2.24) is 0 Å². The molecule has 2 aromatic rings. The Balaban J connectivity index is 2.05. The number of hydrogen-bond acceptors (Lipinski definition) is 1. The molecule has 1 heterocycles. The van der Waals surface area contributed by atoms with Crippen molar-refractivity contribution in [1.29, 1.82) is 0 Å². The van der Waals surface area contributed by atoms with Crippen molar-refractivity contribution in [3.63, 3.8) is 0 Å². The first-order chi connectivity index (χ1) is 9.40. The van der Waals surface area contributed by atoms with Gasteiger partial charge in [0.1, 0.15) is 0 Å². The lowest BCUT2D eigenvalue weighted by molar-refractivity contribution is 0.766. The van der Waals surface area contributed by atoms with Gasteiger partial charge < -0.3 is 4.90 Å². The topological polar surface area (TPSA) is 3.24 Å². The van der Waals surface area contributed by atoms with Crippen LogP contribution in [0, 0.1) is 0 Å². The fourth-order valence-corrected chi connectivity index (χ4v) is 2.63. The highest BCUT2D eigenvalue weighted by Crippen LogP contribution is 2.35. The molecular weight excluding hydrogens is 230 g/mol. The molecule has 0 saturated heterocycles. The second-order valence-electron chi connectivity index (χ2n) is 4.71. The van der Waals surface area contributed by atoms with Crippen molar-refractivity contribution in [2.45, 2.75) is 6.04 Å². The molecule has 0 radical (unpaired) electrons. The number of hydrogen-bond donors (Lipinski definition) is 0. The van der Waals surface area contributed by atoms with E-state index in [-0.39, 0.29) is 6.04 Å². The second-order valence-corrected chi connectivity index (χ2v) is 4.71. The number of anilines is 1. The molecule has 94 valence electrons. The summed E-state index contributed by atoms with van der Waals surface area (Å²) in [4.78, 5) is 2.39. The van der Waals surface area contributed by atoms with Crippen LogP contribution in [0.5, 0.6) is 0 Å². The summed E-state index contributed by atoms with van der Waals surface area (Å²) >= 11 is 0. The summed E-state index contributed by atoms with van der Waals surface area (Å²) in [6, 6.07) is 19.4. The third-order valence-electron chi connectivity index (χ3n) is 3.51. The molecule has 0 saturated carbocycles. The van der Waals surface area contributed by atoms with Crippen LogP contribution < -0.4 is 4.90 Å². The number of rotatable bonds is 3. The highest BCUT2D eigenvalue weighted by molar-refractivity contribution is 5.73. The van der Waals surface area contributed by atoms with E-state index in [1.165, 1.54) is 16.8 Å². The number of fused-ring (bicyclic) bond motifs is 1. The number of para-hydroxylation sites is 1. The zero-order chi connectivity index (χ0) is 13.1. The van der Waals surface area contributed by atoms with Gasteiger partial charge in [-0.3, -0.25) is 0 Å². The maximum absolute atomic E-state index is 3.89. The Hall–Kier alpha value is -2.28. The third kappa shape index (κ3) is 2.19. The Morgan fingerprint density at radius 2 is 1.74 bits per heavy atom. The Morgan fingerprint density at radius 1 is 1.00 bits per heavy atom. The lowest BCUT2D eigenvalue weighted by atomic mass is 9.97. The Labute approximate surface area is 114 Å². The summed E-state index contributed by atoms with van der Waals surface area (Å²) in [6.07, 6.45) is 6.44. The molecule has 3 rings (SSSR count). The summed E-state index contributed by atoms with van der Waals surface area (Å²) < 4.78 is 0. The van der Waals surface area contributed by atoms with E-state index in [4.69, 9.17) is 0 Å². The zero-order valence-corrected chi connectivity index (χ0v) is 10.9. The zero-order valence-electron chi connectivity index (χ0n) is 10.9. The molecular formula is C18H17N. The van der Waals surface area contributed by atoms with Crippen LogP contribution in [-0.4, -0.2) is 6.54 Å². The quantitative estimate of drug-likeness (QED) is 0.724. The van der Waals surface area contributed by atoms with Crippen LogP contribution in [0.4, 0.5) is 5.69 Å². The summed E-state index contributed by atoms with van der Waals surface area (Å²) in [6.45, 7) is 4.74. The summed E-state index contributed by atoms with van der Waals surface area (Å²) in [7, 11) is 0. The van der Waals surface area contributed by atoms with E-state index in [0.29, 0.717) is 0 Å². The Morgan fingerprint density at radius 3 is 2.53 bits per heavy atom. The van der Waals surface area contributed by atoms with Crippen LogP contribution in [0.25, 0.3) is 6.08 Å². The Bertz CT molecular complexity index is 598. The van der Waals surface area contributed by atoms with E-state index in [2.05, 4.69) is 78.2 Å². The smallest absolute Gasteiger partial charge is 0.0733 e. The van der Waals surface area contributed by atoms with Gasteiger partial charge in [-0.2, -0.15) is 0 Å². The molecule has 1 nitrogen and oxygen atoms in total. The average Bonchev–Trinajstić information content (AvgIpc) is 2.49. The SMILES string of the molecule is C=CCN1c2ccccc2C=CC1c1ccccc1. The minimum atomic E-state index is 0.286. The normalized spacial score (nSPS) is 17.1. The second kappa shape index (κ2) is 5.15. The van der Waals surface area contributed by atoms with E-state index < -0.39 is 0 Å². The largest absolute Gasteiger partial charge is 0.357 e. The first-order valence-electron chi connectivity index (χ1n) is 6.60. The van der Waals surface area contributed by atoms with Crippen molar-refractivity contribution in [3.05, 3.63) is 84.5 Å². The van der Waals surface area contributed by atoms with E-state index in [9.17, 15) is 0 Å². The van der Waals surface area contributed by atoms with Gasteiger partial charge in [-0.25, -0.2) is 0 Å². The van der Waals surface area contributed by atoms with Crippen molar-refractivity contribution in [3.8, 4) is 0 Å². The number of benzene rings is 2. The van der Waals surface area contributed by atoms with Gasteiger partial charge in [0.15, 0.2) is 0 Å².